The maximum Gasteiger partial charge on any atom is 0.243 e. The minimum absolute atomic E-state index is 0. The summed E-state index contributed by atoms with van der Waals surface area (Å²) in [5.74, 6) is 0.792. The number of carbonyl (C=O) groups is 1. The molecule has 1 aliphatic carbocycles. The van der Waals surface area contributed by atoms with E-state index in [-0.39, 0.29) is 42.0 Å². The van der Waals surface area contributed by atoms with Gasteiger partial charge in [0.2, 0.25) is 5.91 Å². The number of likely N-dealkylation sites (N-methyl/N-ethyl adjacent to an activating group) is 1. The molecule has 1 heterocycles. The highest BCUT2D eigenvalue weighted by molar-refractivity contribution is 14.0. The first-order valence-corrected chi connectivity index (χ1v) is 10.0. The summed E-state index contributed by atoms with van der Waals surface area (Å²) in [5, 5.41) is 6.84. The fourth-order valence-electron chi connectivity index (χ4n) is 4.06. The number of likely N-dealkylation sites (tertiary alicyclic amines) is 1. The predicted octanol–water partition coefficient (Wildman–Crippen LogP) is 2.44. The van der Waals surface area contributed by atoms with Crippen LogP contribution in [0.4, 0.5) is 0 Å². The second kappa shape index (κ2) is 12.0. The molecule has 1 saturated heterocycles. The van der Waals surface area contributed by atoms with Crippen molar-refractivity contribution in [1.82, 2.24) is 20.4 Å². The van der Waals surface area contributed by atoms with E-state index in [2.05, 4.69) is 27.4 Å². The van der Waals surface area contributed by atoms with Gasteiger partial charge >= 0.3 is 0 Å². The average molecular weight is 479 g/mol. The third-order valence-electron chi connectivity index (χ3n) is 5.61. The summed E-state index contributed by atoms with van der Waals surface area (Å²) >= 11 is 0. The molecule has 0 aromatic heterocycles. The number of hydrogen-bond donors (Lipinski definition) is 2. The zero-order chi connectivity index (χ0) is 18.1. The van der Waals surface area contributed by atoms with Crippen LogP contribution >= 0.6 is 24.0 Å². The molecule has 0 bridgehead atoms. The highest BCUT2D eigenvalue weighted by Crippen LogP contribution is 2.35. The Balaban J connectivity index is 0.00000338. The number of nitrogens with one attached hydrogen (secondary N) is 2. The van der Waals surface area contributed by atoms with Gasteiger partial charge in [-0.25, -0.2) is 4.99 Å². The van der Waals surface area contributed by atoms with Gasteiger partial charge in [-0.15, -0.1) is 24.0 Å². The van der Waals surface area contributed by atoms with Crippen molar-refractivity contribution >= 4 is 35.8 Å². The van der Waals surface area contributed by atoms with Gasteiger partial charge in [-0.3, -0.25) is 9.69 Å². The molecule has 152 valence electrons. The molecule has 1 aliphatic heterocycles. The van der Waals surface area contributed by atoms with Crippen molar-refractivity contribution in [1.29, 1.82) is 0 Å². The summed E-state index contributed by atoms with van der Waals surface area (Å²) in [5.41, 5.74) is 0.264. The molecule has 6 nitrogen and oxygen atoms in total. The fraction of sp³-hybridized carbons (Fsp3) is 0.895. The van der Waals surface area contributed by atoms with Gasteiger partial charge < -0.3 is 15.5 Å². The normalized spacial score (nSPS) is 20.8. The van der Waals surface area contributed by atoms with Crippen molar-refractivity contribution in [2.45, 2.75) is 63.8 Å². The monoisotopic (exact) mass is 479 g/mol. The van der Waals surface area contributed by atoms with Crippen LogP contribution in [-0.4, -0.2) is 74.0 Å². The Kier molecular flexibility index (Phi) is 10.8. The lowest BCUT2D eigenvalue weighted by Gasteiger charge is -2.48. The van der Waals surface area contributed by atoms with Gasteiger partial charge in [-0.05, 0) is 45.7 Å². The number of aliphatic imine (C=N–C) groups is 1. The van der Waals surface area contributed by atoms with Crippen LogP contribution in [0.5, 0.6) is 0 Å². The number of piperidine rings is 1. The van der Waals surface area contributed by atoms with Crippen molar-refractivity contribution in [3.63, 3.8) is 0 Å². The number of hydrogen-bond acceptors (Lipinski definition) is 3. The quantitative estimate of drug-likeness (QED) is 0.349. The molecule has 0 radical (unpaired) electrons. The summed E-state index contributed by atoms with van der Waals surface area (Å²) in [6.07, 6.45) is 10.6. The van der Waals surface area contributed by atoms with Gasteiger partial charge in [-0.2, -0.15) is 0 Å². The summed E-state index contributed by atoms with van der Waals surface area (Å²) in [7, 11) is 3.54. The standard InChI is InChI=1S/C19H37N5O.HI/c1-4-20-18(21-15-17(25)23(2)3)22-16-19(11-7-5-8-12-19)24-13-9-6-10-14-24;/h4-16H2,1-3H3,(H2,20,21,22);1H. The average Bonchev–Trinajstić information content (AvgIpc) is 2.65. The van der Waals surface area contributed by atoms with E-state index in [1.165, 1.54) is 64.5 Å². The van der Waals surface area contributed by atoms with Gasteiger partial charge in [-0.1, -0.05) is 25.7 Å². The molecule has 0 aromatic rings. The predicted molar refractivity (Wildman–Crippen MR) is 119 cm³/mol. The van der Waals surface area contributed by atoms with Gasteiger partial charge in [0, 0.05) is 32.7 Å². The van der Waals surface area contributed by atoms with E-state index in [4.69, 9.17) is 0 Å². The molecule has 1 saturated carbocycles. The smallest absolute Gasteiger partial charge is 0.243 e. The highest BCUT2D eigenvalue weighted by atomic mass is 127. The lowest BCUT2D eigenvalue weighted by Crippen LogP contribution is -2.59. The molecule has 0 unspecified atom stereocenters. The molecule has 0 atom stereocenters. The first kappa shape index (κ1) is 23.5. The van der Waals surface area contributed by atoms with Gasteiger partial charge in [0.1, 0.15) is 6.54 Å². The van der Waals surface area contributed by atoms with Crippen LogP contribution in [0.3, 0.4) is 0 Å². The number of amides is 1. The van der Waals surface area contributed by atoms with E-state index in [9.17, 15) is 4.79 Å². The molecule has 2 fully saturated rings. The zero-order valence-corrected chi connectivity index (χ0v) is 19.2. The van der Waals surface area contributed by atoms with Crippen LogP contribution in [-0.2, 0) is 4.79 Å². The third kappa shape index (κ3) is 6.87. The van der Waals surface area contributed by atoms with Crippen molar-refractivity contribution in [3.8, 4) is 0 Å². The molecule has 26 heavy (non-hydrogen) atoms. The van der Waals surface area contributed by atoms with E-state index in [0.717, 1.165) is 19.0 Å². The maximum atomic E-state index is 11.8. The molecule has 2 N–H and O–H groups in total. The van der Waals surface area contributed by atoms with Crippen LogP contribution in [0.2, 0.25) is 0 Å². The first-order valence-electron chi connectivity index (χ1n) is 10.0. The van der Waals surface area contributed by atoms with Gasteiger partial charge in [0.15, 0.2) is 5.96 Å². The van der Waals surface area contributed by atoms with Crippen molar-refractivity contribution < 1.29 is 4.79 Å². The van der Waals surface area contributed by atoms with Crippen molar-refractivity contribution in [2.24, 2.45) is 4.99 Å². The summed E-state index contributed by atoms with van der Waals surface area (Å²) < 4.78 is 0. The molecule has 1 amide bonds. The van der Waals surface area contributed by atoms with Crippen LogP contribution in [0.1, 0.15) is 58.3 Å². The Labute approximate surface area is 176 Å². The highest BCUT2D eigenvalue weighted by Gasteiger charge is 2.38. The van der Waals surface area contributed by atoms with E-state index in [1.807, 2.05) is 0 Å². The van der Waals surface area contributed by atoms with Crippen LogP contribution in [0.25, 0.3) is 0 Å². The van der Waals surface area contributed by atoms with Crippen LogP contribution in [0.15, 0.2) is 4.99 Å². The Hall–Kier alpha value is -0.570. The van der Waals surface area contributed by atoms with Crippen LogP contribution in [0, 0.1) is 0 Å². The Morgan fingerprint density at radius 3 is 2.23 bits per heavy atom. The van der Waals surface area contributed by atoms with E-state index in [1.54, 1.807) is 19.0 Å². The molecule has 7 heteroatoms. The number of rotatable bonds is 6. The molecule has 2 aliphatic rings. The Morgan fingerprint density at radius 1 is 1.04 bits per heavy atom. The maximum absolute atomic E-state index is 11.8. The molecule has 2 rings (SSSR count). The van der Waals surface area contributed by atoms with Crippen molar-refractivity contribution in [2.75, 3.05) is 46.8 Å². The SMILES string of the molecule is CCNC(=NCC(=O)N(C)C)NCC1(N2CCCCC2)CCCCC1.I. The number of nitrogens with zero attached hydrogens (tertiary/aromatic N) is 3. The first-order chi connectivity index (χ1) is 12.1. The zero-order valence-electron chi connectivity index (χ0n) is 16.9. The number of guanidine groups is 1. The summed E-state index contributed by atoms with van der Waals surface area (Å²) in [6, 6.07) is 0. The van der Waals surface area contributed by atoms with E-state index >= 15 is 0 Å². The van der Waals surface area contributed by atoms with E-state index < -0.39 is 0 Å². The summed E-state index contributed by atoms with van der Waals surface area (Å²) in [6.45, 7) is 6.45. The van der Waals surface area contributed by atoms with Gasteiger partial charge in [0.05, 0.1) is 0 Å². The number of carbonyl (C=O) groups excluding carboxylic acids is 1. The lowest BCUT2D eigenvalue weighted by molar-refractivity contribution is -0.127. The third-order valence-corrected chi connectivity index (χ3v) is 5.61. The van der Waals surface area contributed by atoms with Crippen molar-refractivity contribution in [3.05, 3.63) is 0 Å². The van der Waals surface area contributed by atoms with Crippen LogP contribution < -0.4 is 10.6 Å². The molecular weight excluding hydrogens is 441 g/mol. The van der Waals surface area contributed by atoms with E-state index in [0.29, 0.717) is 0 Å². The molecule has 0 aromatic carbocycles. The van der Waals surface area contributed by atoms with Gasteiger partial charge in [0.25, 0.3) is 0 Å². The minimum Gasteiger partial charge on any atom is -0.357 e. The second-order valence-electron chi connectivity index (χ2n) is 7.67. The fourth-order valence-corrected chi connectivity index (χ4v) is 4.06. The Morgan fingerprint density at radius 2 is 1.65 bits per heavy atom. The second-order valence-corrected chi connectivity index (χ2v) is 7.67. The number of halogens is 1. The Bertz CT molecular complexity index is 443. The summed E-state index contributed by atoms with van der Waals surface area (Å²) in [4.78, 5) is 20.6. The lowest BCUT2D eigenvalue weighted by atomic mass is 9.79. The topological polar surface area (TPSA) is 60.0 Å². The minimum atomic E-state index is 0. The largest absolute Gasteiger partial charge is 0.357 e. The molecule has 0 spiro atoms. The molecular formula is C19H38IN5O.